The Hall–Kier alpha value is -6.02. The number of benzene rings is 4. The van der Waals surface area contributed by atoms with Crippen molar-refractivity contribution >= 4 is 45.7 Å². The van der Waals surface area contributed by atoms with Crippen LogP contribution in [0.1, 0.15) is 296 Å². The molecular formula is C82H122N4O4+2. The number of rotatable bonds is 48. The molecule has 0 fully saturated rings. The molecule has 2 aromatic heterocycles. The Morgan fingerprint density at radius 2 is 0.589 bits per heavy atom. The highest BCUT2D eigenvalue weighted by atomic mass is 16.5. The molecule has 90 heavy (non-hydrogen) atoms. The number of oxazole rings is 2. The molecule has 0 radical (unpaired) electrons. The first-order valence-corrected chi connectivity index (χ1v) is 37.3. The third-order valence-corrected chi connectivity index (χ3v) is 18.4. The number of para-hydroxylation sites is 8. The van der Waals surface area contributed by atoms with Crippen LogP contribution in [0.4, 0.5) is 11.4 Å². The van der Waals surface area contributed by atoms with Crippen LogP contribution in [0.25, 0.3) is 34.4 Å². The summed E-state index contributed by atoms with van der Waals surface area (Å²) in [6, 6.07) is 33.5. The van der Waals surface area contributed by atoms with E-state index in [9.17, 15) is 0 Å². The molecule has 0 saturated carbocycles. The Morgan fingerprint density at radius 1 is 0.311 bits per heavy atom. The summed E-state index contributed by atoms with van der Waals surface area (Å²) in [7, 11) is 0. The summed E-state index contributed by atoms with van der Waals surface area (Å²) < 4.78 is 29.8. The number of aryl methyl sites for hydroxylation is 2. The molecule has 8 nitrogen and oxygen atoms in total. The minimum Gasteiger partial charge on any atom is -0.439 e. The van der Waals surface area contributed by atoms with Gasteiger partial charge >= 0.3 is 11.8 Å². The molecule has 4 heterocycles. The number of ether oxygens (including phenoxy) is 2. The first-order chi connectivity index (χ1) is 44.6. The molecule has 0 atom stereocenters. The fourth-order valence-corrected chi connectivity index (χ4v) is 13.1. The monoisotopic (exact) mass is 1230 g/mol. The molecule has 0 amide bonds. The lowest BCUT2D eigenvalue weighted by Gasteiger charge is -2.18. The summed E-state index contributed by atoms with van der Waals surface area (Å²) in [5.74, 6) is 5.48. The molecular weight excluding hydrogens is 1100 g/mol. The predicted octanol–water partition coefficient (Wildman–Crippen LogP) is 24.6. The standard InChI is InChI=1S/C53H85N2O2.C29H37N2O2/c1-3-5-7-9-11-13-15-17-19-21-23-25-27-29-31-37-46-54-48-40-33-35-42-50(48)56-52(54)44-39-45-53-55(49-41-34-36-43-51(49)57-53)47-38-32-30-28-26-24-22-20-18-16-14-12-10-8-6-4-2;1-3-5-7-13-22-30-24-16-9-11-18-26(24)32-28(30)20-15-21-29-31(23-14-8-6-4-2)25-17-10-12-19-27(25)33-29/h33-36,39-45H,3-32,37-38,46-47H2,1-2H3;9-12,15-21H,3-8,13-14,22-23H2,1-2H3/q2*+1. The number of aromatic nitrogens is 2. The van der Waals surface area contributed by atoms with Gasteiger partial charge in [-0.1, -0.05) is 295 Å². The Balaban J connectivity index is 0.000000294. The Morgan fingerprint density at radius 3 is 0.944 bits per heavy atom. The minimum atomic E-state index is 0.884. The third-order valence-electron chi connectivity index (χ3n) is 18.4. The molecule has 8 rings (SSSR count). The van der Waals surface area contributed by atoms with Crippen LogP contribution in [0, 0.1) is 0 Å². The van der Waals surface area contributed by atoms with Gasteiger partial charge in [0.15, 0.2) is 24.6 Å². The lowest BCUT2D eigenvalue weighted by Crippen LogP contribution is -2.35. The molecule has 0 aliphatic carbocycles. The zero-order valence-corrected chi connectivity index (χ0v) is 57.2. The molecule has 2 aliphatic rings. The number of unbranched alkanes of at least 4 members (excludes halogenated alkanes) is 36. The summed E-state index contributed by atoms with van der Waals surface area (Å²) in [5, 5.41) is 0. The van der Waals surface area contributed by atoms with Crippen LogP contribution in [0.3, 0.4) is 0 Å². The van der Waals surface area contributed by atoms with Crippen LogP contribution in [-0.2, 0) is 13.1 Å². The van der Waals surface area contributed by atoms with Crippen molar-refractivity contribution in [2.24, 2.45) is 0 Å². The predicted molar refractivity (Wildman–Crippen MR) is 383 cm³/mol. The fourth-order valence-electron chi connectivity index (χ4n) is 13.1. The van der Waals surface area contributed by atoms with Crippen LogP contribution in [0.15, 0.2) is 142 Å². The maximum absolute atomic E-state index is 6.39. The minimum absolute atomic E-state index is 0.884. The van der Waals surface area contributed by atoms with Crippen LogP contribution in [-0.4, -0.2) is 13.1 Å². The molecule has 2 aliphatic heterocycles. The number of anilines is 2. The molecule has 0 spiro atoms. The van der Waals surface area contributed by atoms with Crippen LogP contribution in [0.5, 0.6) is 11.5 Å². The molecule has 8 heteroatoms. The highest BCUT2D eigenvalue weighted by Gasteiger charge is 2.27. The Kier molecular flexibility index (Phi) is 35.3. The fraction of sp³-hybridized carbons (Fsp3) is 0.585. The Labute approximate surface area is 547 Å². The van der Waals surface area contributed by atoms with Gasteiger partial charge in [0.2, 0.25) is 22.9 Å². The zero-order chi connectivity index (χ0) is 62.7. The van der Waals surface area contributed by atoms with E-state index in [1.165, 1.54) is 255 Å². The maximum Gasteiger partial charge on any atom is 0.374 e. The highest BCUT2D eigenvalue weighted by molar-refractivity contribution is 5.71. The zero-order valence-electron chi connectivity index (χ0n) is 57.2. The van der Waals surface area contributed by atoms with Crippen molar-refractivity contribution in [3.63, 3.8) is 0 Å². The van der Waals surface area contributed by atoms with E-state index in [-0.39, 0.29) is 0 Å². The number of fused-ring (bicyclic) bond motifs is 4. The van der Waals surface area contributed by atoms with Gasteiger partial charge in [-0.2, -0.15) is 9.13 Å². The normalized spacial score (nSPS) is 13.8. The van der Waals surface area contributed by atoms with Gasteiger partial charge in [0.25, 0.3) is 11.0 Å². The number of hydrogen-bond acceptors (Lipinski definition) is 6. The lowest BCUT2D eigenvalue weighted by atomic mass is 10.0. The molecule has 4 aromatic carbocycles. The quantitative estimate of drug-likeness (QED) is 0.0280. The highest BCUT2D eigenvalue weighted by Crippen LogP contribution is 2.40. The Bertz CT molecular complexity index is 2980. The van der Waals surface area contributed by atoms with Crippen LogP contribution >= 0.6 is 0 Å². The summed E-state index contributed by atoms with van der Waals surface area (Å²) in [5.41, 5.74) is 6.56. The van der Waals surface area contributed by atoms with Crippen LogP contribution < -0.4 is 28.4 Å². The lowest BCUT2D eigenvalue weighted by molar-refractivity contribution is -0.678. The average Bonchev–Trinajstić information content (AvgIpc) is 2.60. The van der Waals surface area contributed by atoms with Crippen molar-refractivity contribution in [2.45, 2.75) is 298 Å². The first-order valence-electron chi connectivity index (χ1n) is 37.3. The van der Waals surface area contributed by atoms with E-state index in [0.29, 0.717) is 0 Å². The number of allylic oxidation sites excluding steroid dienone is 4. The molecule has 0 N–H and O–H groups in total. The summed E-state index contributed by atoms with van der Waals surface area (Å²) in [6.45, 7) is 13.0. The van der Waals surface area contributed by atoms with E-state index < -0.39 is 0 Å². The van der Waals surface area contributed by atoms with Crippen molar-refractivity contribution in [1.82, 2.24) is 0 Å². The van der Waals surface area contributed by atoms with Crippen LogP contribution in [0.2, 0.25) is 0 Å². The molecule has 6 aromatic rings. The van der Waals surface area contributed by atoms with E-state index in [2.05, 4.69) is 156 Å². The second-order valence-corrected chi connectivity index (χ2v) is 26.0. The van der Waals surface area contributed by atoms with E-state index in [4.69, 9.17) is 18.3 Å². The molecule has 0 saturated heterocycles. The van der Waals surface area contributed by atoms with Gasteiger partial charge in [-0.05, 0) is 86.4 Å². The van der Waals surface area contributed by atoms with Gasteiger partial charge < -0.3 is 28.1 Å². The molecule has 0 bridgehead atoms. The first kappa shape index (κ1) is 71.4. The van der Waals surface area contributed by atoms with Gasteiger partial charge in [-0.25, -0.2) is 0 Å². The topological polar surface area (TPSA) is 59.0 Å². The average molecular weight is 1230 g/mol. The summed E-state index contributed by atoms with van der Waals surface area (Å²) >= 11 is 0. The summed E-state index contributed by atoms with van der Waals surface area (Å²) in [6.07, 6.45) is 66.9. The van der Waals surface area contributed by atoms with Gasteiger partial charge in [0.05, 0.1) is 23.5 Å². The van der Waals surface area contributed by atoms with E-state index >= 15 is 0 Å². The van der Waals surface area contributed by atoms with E-state index in [1.807, 2.05) is 24.3 Å². The van der Waals surface area contributed by atoms with Gasteiger partial charge in [-0.15, -0.1) is 0 Å². The second-order valence-electron chi connectivity index (χ2n) is 26.0. The van der Waals surface area contributed by atoms with Crippen molar-refractivity contribution in [1.29, 1.82) is 0 Å². The molecule has 492 valence electrons. The maximum atomic E-state index is 6.39. The third kappa shape index (κ3) is 25.2. The number of nitrogens with zero attached hydrogens (tertiary/aromatic N) is 4. The van der Waals surface area contributed by atoms with E-state index in [0.717, 1.165) is 96.4 Å². The van der Waals surface area contributed by atoms with Crippen molar-refractivity contribution in [3.8, 4) is 11.5 Å². The largest absolute Gasteiger partial charge is 0.439 e. The van der Waals surface area contributed by atoms with Crippen molar-refractivity contribution < 1.29 is 27.4 Å². The summed E-state index contributed by atoms with van der Waals surface area (Å²) in [4.78, 5) is 4.67. The van der Waals surface area contributed by atoms with Crippen molar-refractivity contribution in [3.05, 3.63) is 145 Å². The molecule has 0 unspecified atom stereocenters. The number of hydrogen-bond donors (Lipinski definition) is 0. The van der Waals surface area contributed by atoms with Gasteiger partial charge in [0.1, 0.15) is 0 Å². The smallest absolute Gasteiger partial charge is 0.374 e. The van der Waals surface area contributed by atoms with Gasteiger partial charge in [-0.3, -0.25) is 0 Å². The van der Waals surface area contributed by atoms with Crippen molar-refractivity contribution in [2.75, 3.05) is 22.9 Å². The SMILES string of the molecule is CCCCCCCCCCCCCCCCCCN1C(=CC=Cc2oc3ccccc3[n+]2CCCCCCCCCCCCCCCCCC)Oc2ccccc21.CCCCCCN1C(=CC=Cc2oc3ccccc3[n+]2CCCCCC)Oc2ccccc21. The van der Waals surface area contributed by atoms with Gasteiger partial charge in [0, 0.05) is 38.1 Å². The second kappa shape index (κ2) is 44.5. The van der Waals surface area contributed by atoms with E-state index in [1.54, 1.807) is 0 Å².